The summed E-state index contributed by atoms with van der Waals surface area (Å²) < 4.78 is 12.8. The number of aromatic nitrogens is 1. The second-order valence-corrected chi connectivity index (χ2v) is 5.77. The van der Waals surface area contributed by atoms with Crippen LogP contribution in [0, 0.1) is 12.7 Å². The number of thiazole rings is 1. The molecule has 0 aliphatic rings. The second kappa shape index (κ2) is 7.68. The van der Waals surface area contributed by atoms with Gasteiger partial charge in [-0.25, -0.2) is 14.2 Å². The molecular formula is C15H17FN4O2S. The van der Waals surface area contributed by atoms with Crippen LogP contribution in [-0.2, 0) is 0 Å². The van der Waals surface area contributed by atoms with Gasteiger partial charge >= 0.3 is 6.03 Å². The molecule has 0 bridgehead atoms. The molecule has 1 aromatic carbocycles. The van der Waals surface area contributed by atoms with Crippen molar-refractivity contribution in [2.24, 2.45) is 0 Å². The predicted molar refractivity (Wildman–Crippen MR) is 88.5 cm³/mol. The highest BCUT2D eigenvalue weighted by Gasteiger charge is 2.16. The van der Waals surface area contributed by atoms with Crippen molar-refractivity contribution < 1.29 is 14.0 Å². The van der Waals surface area contributed by atoms with E-state index in [0.717, 1.165) is 17.8 Å². The number of hydrogen-bond acceptors (Lipinski definition) is 4. The lowest BCUT2D eigenvalue weighted by molar-refractivity contribution is 0.0957. The van der Waals surface area contributed by atoms with Gasteiger partial charge in [-0.1, -0.05) is 18.3 Å². The van der Waals surface area contributed by atoms with Gasteiger partial charge in [0.25, 0.3) is 5.91 Å². The number of halogens is 1. The van der Waals surface area contributed by atoms with Crippen LogP contribution in [0.1, 0.15) is 28.7 Å². The normalized spacial score (nSPS) is 10.2. The minimum Gasteiger partial charge on any atom is -0.351 e. The lowest BCUT2D eigenvalue weighted by Crippen LogP contribution is -2.23. The standard InChI is InChI=1S/C15H17FN4O2S/c1-3-8-17-13(21)12-9(2)18-15(23-12)20-14(22)19-11-6-4-10(16)5-7-11/h4-7H,3,8H2,1-2H3,(H,17,21)(H2,18,19,20,22). The zero-order valence-corrected chi connectivity index (χ0v) is 13.6. The van der Waals surface area contributed by atoms with E-state index in [1.165, 1.54) is 24.3 Å². The third-order valence-electron chi connectivity index (χ3n) is 2.86. The summed E-state index contributed by atoms with van der Waals surface area (Å²) in [4.78, 5) is 28.5. The number of nitrogens with zero attached hydrogens (tertiary/aromatic N) is 1. The number of benzene rings is 1. The molecule has 0 fully saturated rings. The van der Waals surface area contributed by atoms with E-state index in [1.807, 2.05) is 6.92 Å². The number of urea groups is 1. The summed E-state index contributed by atoms with van der Waals surface area (Å²) in [5.41, 5.74) is 1.01. The number of aryl methyl sites for hydroxylation is 1. The van der Waals surface area contributed by atoms with Crippen LogP contribution in [0.2, 0.25) is 0 Å². The first-order chi connectivity index (χ1) is 11.0. The van der Waals surface area contributed by atoms with Gasteiger partial charge in [0.2, 0.25) is 0 Å². The van der Waals surface area contributed by atoms with E-state index in [-0.39, 0.29) is 11.7 Å². The van der Waals surface area contributed by atoms with E-state index in [0.29, 0.717) is 27.9 Å². The van der Waals surface area contributed by atoms with E-state index in [9.17, 15) is 14.0 Å². The topological polar surface area (TPSA) is 83.1 Å². The summed E-state index contributed by atoms with van der Waals surface area (Å²) in [6.07, 6.45) is 0.842. The van der Waals surface area contributed by atoms with Gasteiger partial charge in [-0.3, -0.25) is 10.1 Å². The van der Waals surface area contributed by atoms with Crippen LogP contribution in [0.25, 0.3) is 0 Å². The summed E-state index contributed by atoms with van der Waals surface area (Å²) in [5.74, 6) is -0.580. The highest BCUT2D eigenvalue weighted by Crippen LogP contribution is 2.22. The highest BCUT2D eigenvalue weighted by molar-refractivity contribution is 7.17. The first-order valence-electron chi connectivity index (χ1n) is 7.08. The molecule has 1 aromatic heterocycles. The molecule has 122 valence electrons. The highest BCUT2D eigenvalue weighted by atomic mass is 32.1. The van der Waals surface area contributed by atoms with Gasteiger partial charge < -0.3 is 10.6 Å². The van der Waals surface area contributed by atoms with Crippen molar-refractivity contribution in [1.82, 2.24) is 10.3 Å². The molecule has 2 aromatic rings. The largest absolute Gasteiger partial charge is 0.351 e. The molecule has 3 amide bonds. The fraction of sp³-hybridized carbons (Fsp3) is 0.267. The van der Waals surface area contributed by atoms with Crippen LogP contribution in [0.3, 0.4) is 0 Å². The number of hydrogen-bond donors (Lipinski definition) is 3. The molecule has 0 saturated carbocycles. The Hall–Kier alpha value is -2.48. The van der Waals surface area contributed by atoms with Crippen molar-refractivity contribution in [2.75, 3.05) is 17.2 Å². The molecule has 3 N–H and O–H groups in total. The number of anilines is 2. The SMILES string of the molecule is CCCNC(=O)c1sc(NC(=O)Nc2ccc(F)cc2)nc1C. The van der Waals surface area contributed by atoms with Crippen molar-refractivity contribution in [1.29, 1.82) is 0 Å². The van der Waals surface area contributed by atoms with Gasteiger partial charge in [0.15, 0.2) is 5.13 Å². The van der Waals surface area contributed by atoms with Crippen molar-refractivity contribution in [3.63, 3.8) is 0 Å². The molecule has 0 atom stereocenters. The van der Waals surface area contributed by atoms with Crippen LogP contribution in [-0.4, -0.2) is 23.5 Å². The van der Waals surface area contributed by atoms with Crippen molar-refractivity contribution in [3.8, 4) is 0 Å². The molecule has 0 saturated heterocycles. The number of nitrogens with one attached hydrogen (secondary N) is 3. The smallest absolute Gasteiger partial charge is 0.325 e. The average Bonchev–Trinajstić information content (AvgIpc) is 2.87. The first-order valence-corrected chi connectivity index (χ1v) is 7.90. The van der Waals surface area contributed by atoms with Crippen LogP contribution in [0.15, 0.2) is 24.3 Å². The number of carbonyl (C=O) groups is 2. The summed E-state index contributed by atoms with van der Waals surface area (Å²) in [5, 5.41) is 8.21. The Balaban J connectivity index is 1.98. The number of amides is 3. The maximum absolute atomic E-state index is 12.8. The number of carbonyl (C=O) groups excluding carboxylic acids is 2. The zero-order chi connectivity index (χ0) is 16.8. The Bertz CT molecular complexity index is 700. The van der Waals surface area contributed by atoms with Crippen LogP contribution in [0.5, 0.6) is 0 Å². The monoisotopic (exact) mass is 336 g/mol. The lowest BCUT2D eigenvalue weighted by Gasteiger charge is -2.04. The lowest BCUT2D eigenvalue weighted by atomic mass is 10.3. The summed E-state index contributed by atoms with van der Waals surface area (Å²) in [7, 11) is 0. The fourth-order valence-corrected chi connectivity index (χ4v) is 2.65. The Labute approximate surface area is 137 Å². The van der Waals surface area contributed by atoms with Crippen LogP contribution >= 0.6 is 11.3 Å². The van der Waals surface area contributed by atoms with Gasteiger partial charge in [-0.15, -0.1) is 0 Å². The third kappa shape index (κ3) is 4.75. The van der Waals surface area contributed by atoms with Gasteiger partial charge in [0.1, 0.15) is 10.7 Å². The Kier molecular flexibility index (Phi) is 5.64. The quantitative estimate of drug-likeness (QED) is 0.783. The Morgan fingerprint density at radius 3 is 2.57 bits per heavy atom. The molecule has 23 heavy (non-hydrogen) atoms. The van der Waals surface area contributed by atoms with Gasteiger partial charge in [-0.05, 0) is 37.6 Å². The second-order valence-electron chi connectivity index (χ2n) is 4.78. The van der Waals surface area contributed by atoms with E-state index in [4.69, 9.17) is 0 Å². The number of rotatable bonds is 5. The molecule has 0 aliphatic carbocycles. The molecule has 0 aliphatic heterocycles. The van der Waals surface area contributed by atoms with Crippen LogP contribution < -0.4 is 16.0 Å². The van der Waals surface area contributed by atoms with Crippen molar-refractivity contribution >= 4 is 34.1 Å². The summed E-state index contributed by atoms with van der Waals surface area (Å²) >= 11 is 1.10. The molecule has 2 rings (SSSR count). The Morgan fingerprint density at radius 2 is 1.91 bits per heavy atom. The molecular weight excluding hydrogens is 319 g/mol. The van der Waals surface area contributed by atoms with E-state index in [1.54, 1.807) is 6.92 Å². The minimum absolute atomic E-state index is 0.200. The molecule has 0 unspecified atom stereocenters. The minimum atomic E-state index is -0.508. The molecule has 1 heterocycles. The van der Waals surface area contributed by atoms with E-state index < -0.39 is 6.03 Å². The molecule has 0 radical (unpaired) electrons. The molecule has 6 nitrogen and oxygen atoms in total. The zero-order valence-electron chi connectivity index (χ0n) is 12.8. The van der Waals surface area contributed by atoms with Gasteiger partial charge in [0.05, 0.1) is 5.69 Å². The fourth-order valence-electron chi connectivity index (χ4n) is 1.77. The van der Waals surface area contributed by atoms with E-state index >= 15 is 0 Å². The van der Waals surface area contributed by atoms with Crippen LogP contribution in [0.4, 0.5) is 20.0 Å². The van der Waals surface area contributed by atoms with E-state index in [2.05, 4.69) is 20.9 Å². The maximum Gasteiger partial charge on any atom is 0.325 e. The maximum atomic E-state index is 12.8. The average molecular weight is 336 g/mol. The Morgan fingerprint density at radius 1 is 1.22 bits per heavy atom. The van der Waals surface area contributed by atoms with Crippen molar-refractivity contribution in [3.05, 3.63) is 40.7 Å². The predicted octanol–water partition coefficient (Wildman–Crippen LogP) is 3.37. The summed E-state index contributed by atoms with van der Waals surface area (Å²) in [6.45, 7) is 4.26. The first kappa shape index (κ1) is 16.9. The molecule has 8 heteroatoms. The summed E-state index contributed by atoms with van der Waals surface area (Å²) in [6, 6.07) is 4.89. The third-order valence-corrected chi connectivity index (χ3v) is 3.93. The van der Waals surface area contributed by atoms with Crippen molar-refractivity contribution in [2.45, 2.75) is 20.3 Å². The van der Waals surface area contributed by atoms with Gasteiger partial charge in [0, 0.05) is 12.2 Å². The molecule has 0 spiro atoms. The van der Waals surface area contributed by atoms with Gasteiger partial charge in [-0.2, -0.15) is 0 Å².